The van der Waals surface area contributed by atoms with E-state index in [9.17, 15) is 9.59 Å². The van der Waals surface area contributed by atoms with Crippen molar-refractivity contribution < 1.29 is 14.3 Å². The highest BCUT2D eigenvalue weighted by atomic mass is 16.5. The van der Waals surface area contributed by atoms with Crippen LogP contribution in [0.2, 0.25) is 0 Å². The molecule has 0 rings (SSSR count). The van der Waals surface area contributed by atoms with E-state index in [-0.39, 0.29) is 24.3 Å². The molecule has 0 aliphatic carbocycles. The first-order valence-electron chi connectivity index (χ1n) is 7.52. The van der Waals surface area contributed by atoms with Crippen molar-refractivity contribution in [1.82, 2.24) is 0 Å². The van der Waals surface area contributed by atoms with E-state index >= 15 is 0 Å². The SMILES string of the molecule is CCCCC(CCCC)C(=O)COC(=O)C(C)(C)C. The van der Waals surface area contributed by atoms with Crippen LogP contribution in [-0.4, -0.2) is 18.4 Å². The largest absolute Gasteiger partial charge is 0.457 e. The van der Waals surface area contributed by atoms with Gasteiger partial charge < -0.3 is 4.74 Å². The number of hydrogen-bond acceptors (Lipinski definition) is 3. The van der Waals surface area contributed by atoms with Crippen molar-refractivity contribution in [1.29, 1.82) is 0 Å². The molecule has 0 spiro atoms. The molecule has 19 heavy (non-hydrogen) atoms. The van der Waals surface area contributed by atoms with Gasteiger partial charge in [0.2, 0.25) is 0 Å². The molecule has 0 unspecified atom stereocenters. The van der Waals surface area contributed by atoms with Crippen molar-refractivity contribution >= 4 is 11.8 Å². The van der Waals surface area contributed by atoms with Gasteiger partial charge in [-0.2, -0.15) is 0 Å². The molecule has 0 N–H and O–H groups in total. The second kappa shape index (κ2) is 9.11. The molecule has 0 heterocycles. The lowest BCUT2D eigenvalue weighted by atomic mass is 9.92. The zero-order chi connectivity index (χ0) is 14.9. The Hall–Kier alpha value is -0.860. The van der Waals surface area contributed by atoms with Crippen molar-refractivity contribution in [2.24, 2.45) is 11.3 Å². The predicted octanol–water partition coefficient (Wildman–Crippen LogP) is 4.14. The average Bonchev–Trinajstić information content (AvgIpc) is 2.34. The third kappa shape index (κ3) is 8.02. The van der Waals surface area contributed by atoms with Crippen LogP contribution in [0.25, 0.3) is 0 Å². The van der Waals surface area contributed by atoms with Crippen LogP contribution in [0, 0.1) is 11.3 Å². The Bertz CT molecular complexity index is 268. The maximum absolute atomic E-state index is 12.1. The smallest absolute Gasteiger partial charge is 0.311 e. The molecule has 0 aromatic rings. The van der Waals surface area contributed by atoms with E-state index in [0.29, 0.717) is 0 Å². The molecule has 3 heteroatoms. The van der Waals surface area contributed by atoms with Gasteiger partial charge >= 0.3 is 5.97 Å². The zero-order valence-corrected chi connectivity index (χ0v) is 13.3. The van der Waals surface area contributed by atoms with E-state index in [1.807, 2.05) is 0 Å². The maximum atomic E-state index is 12.1. The Morgan fingerprint density at radius 1 is 1.00 bits per heavy atom. The van der Waals surface area contributed by atoms with Crippen molar-refractivity contribution in [3.8, 4) is 0 Å². The lowest BCUT2D eigenvalue weighted by molar-refractivity contribution is -0.156. The van der Waals surface area contributed by atoms with Gasteiger partial charge in [0.15, 0.2) is 5.78 Å². The summed E-state index contributed by atoms with van der Waals surface area (Å²) in [6, 6.07) is 0. The van der Waals surface area contributed by atoms with Gasteiger partial charge in [0, 0.05) is 5.92 Å². The minimum absolute atomic E-state index is 0.0613. The molecule has 0 fully saturated rings. The molecular formula is C16H30O3. The van der Waals surface area contributed by atoms with Gasteiger partial charge in [-0.1, -0.05) is 39.5 Å². The van der Waals surface area contributed by atoms with Gasteiger partial charge in [-0.3, -0.25) is 9.59 Å². The summed E-state index contributed by atoms with van der Waals surface area (Å²) >= 11 is 0. The van der Waals surface area contributed by atoms with Crippen LogP contribution in [-0.2, 0) is 14.3 Å². The van der Waals surface area contributed by atoms with Gasteiger partial charge in [-0.25, -0.2) is 0 Å². The van der Waals surface area contributed by atoms with E-state index in [1.54, 1.807) is 20.8 Å². The fourth-order valence-electron chi connectivity index (χ4n) is 1.84. The van der Waals surface area contributed by atoms with Gasteiger partial charge in [0.1, 0.15) is 6.61 Å². The Kier molecular flexibility index (Phi) is 8.70. The molecule has 0 bridgehead atoms. The van der Waals surface area contributed by atoms with E-state index in [2.05, 4.69) is 13.8 Å². The van der Waals surface area contributed by atoms with Gasteiger partial charge in [-0.05, 0) is 33.6 Å². The Morgan fingerprint density at radius 3 is 1.84 bits per heavy atom. The lowest BCUT2D eigenvalue weighted by Crippen LogP contribution is -2.28. The predicted molar refractivity (Wildman–Crippen MR) is 78.0 cm³/mol. The number of ether oxygens (including phenoxy) is 1. The Morgan fingerprint density at radius 2 is 1.47 bits per heavy atom. The normalized spacial score (nSPS) is 11.7. The standard InChI is InChI=1S/C16H30O3/c1-6-8-10-13(11-9-7-2)14(17)12-19-15(18)16(3,4)5/h13H,6-12H2,1-5H3. The topological polar surface area (TPSA) is 43.4 Å². The molecule has 112 valence electrons. The maximum Gasteiger partial charge on any atom is 0.311 e. The molecule has 0 atom stereocenters. The van der Waals surface area contributed by atoms with E-state index < -0.39 is 5.41 Å². The van der Waals surface area contributed by atoms with Crippen molar-refractivity contribution in [2.75, 3.05) is 6.61 Å². The molecule has 0 aromatic heterocycles. The fourth-order valence-corrected chi connectivity index (χ4v) is 1.84. The molecule has 0 aliphatic rings. The summed E-state index contributed by atoms with van der Waals surface area (Å²) in [5.74, 6) is -0.155. The van der Waals surface area contributed by atoms with Crippen LogP contribution >= 0.6 is 0 Å². The van der Waals surface area contributed by atoms with Gasteiger partial charge in [0.05, 0.1) is 5.41 Å². The first-order valence-corrected chi connectivity index (χ1v) is 7.52. The number of unbranched alkanes of at least 4 members (excludes halogenated alkanes) is 2. The molecule has 3 nitrogen and oxygen atoms in total. The quantitative estimate of drug-likeness (QED) is 0.591. The van der Waals surface area contributed by atoms with Crippen LogP contribution in [0.5, 0.6) is 0 Å². The molecule has 0 amide bonds. The highest BCUT2D eigenvalue weighted by molar-refractivity contribution is 5.85. The highest BCUT2D eigenvalue weighted by Gasteiger charge is 2.25. The van der Waals surface area contributed by atoms with Crippen LogP contribution in [0.4, 0.5) is 0 Å². The molecule has 0 aromatic carbocycles. The molecule has 0 aliphatic heterocycles. The van der Waals surface area contributed by atoms with E-state index in [0.717, 1.165) is 38.5 Å². The Labute approximate surface area is 118 Å². The molecule has 0 saturated carbocycles. The molecule has 0 saturated heterocycles. The molecule has 0 radical (unpaired) electrons. The van der Waals surface area contributed by atoms with Crippen LogP contribution in [0.3, 0.4) is 0 Å². The monoisotopic (exact) mass is 270 g/mol. The van der Waals surface area contributed by atoms with Gasteiger partial charge in [0.25, 0.3) is 0 Å². The number of esters is 1. The minimum atomic E-state index is -0.539. The second-order valence-electron chi connectivity index (χ2n) is 6.27. The van der Waals surface area contributed by atoms with Crippen LogP contribution in [0.1, 0.15) is 73.1 Å². The minimum Gasteiger partial charge on any atom is -0.457 e. The number of hydrogen-bond donors (Lipinski definition) is 0. The summed E-state index contributed by atoms with van der Waals surface area (Å²) in [5.41, 5.74) is -0.539. The summed E-state index contributed by atoms with van der Waals surface area (Å²) in [6.07, 6.45) is 6.15. The van der Waals surface area contributed by atoms with E-state index in [4.69, 9.17) is 4.74 Å². The first-order chi connectivity index (χ1) is 8.82. The summed E-state index contributed by atoms with van der Waals surface area (Å²) in [5, 5.41) is 0. The zero-order valence-electron chi connectivity index (χ0n) is 13.3. The first kappa shape index (κ1) is 18.1. The van der Waals surface area contributed by atoms with Crippen molar-refractivity contribution in [3.05, 3.63) is 0 Å². The Balaban J connectivity index is 4.26. The van der Waals surface area contributed by atoms with Crippen molar-refractivity contribution in [3.63, 3.8) is 0 Å². The second-order valence-corrected chi connectivity index (χ2v) is 6.27. The highest BCUT2D eigenvalue weighted by Crippen LogP contribution is 2.19. The third-order valence-electron chi connectivity index (χ3n) is 3.23. The van der Waals surface area contributed by atoms with Crippen molar-refractivity contribution in [2.45, 2.75) is 73.1 Å². The number of ketones is 1. The number of carbonyl (C=O) groups is 2. The summed E-state index contributed by atoms with van der Waals surface area (Å²) < 4.78 is 5.12. The number of rotatable bonds is 9. The summed E-state index contributed by atoms with van der Waals surface area (Å²) in [4.78, 5) is 23.8. The molecular weight excluding hydrogens is 240 g/mol. The summed E-state index contributed by atoms with van der Waals surface area (Å²) in [7, 11) is 0. The summed E-state index contributed by atoms with van der Waals surface area (Å²) in [6.45, 7) is 9.58. The van der Waals surface area contributed by atoms with Crippen LogP contribution in [0.15, 0.2) is 0 Å². The van der Waals surface area contributed by atoms with E-state index in [1.165, 1.54) is 0 Å². The van der Waals surface area contributed by atoms with Crippen LogP contribution < -0.4 is 0 Å². The average molecular weight is 270 g/mol. The lowest BCUT2D eigenvalue weighted by Gasteiger charge is -2.19. The van der Waals surface area contributed by atoms with Gasteiger partial charge in [-0.15, -0.1) is 0 Å². The third-order valence-corrected chi connectivity index (χ3v) is 3.23. The number of carbonyl (C=O) groups excluding carboxylic acids is 2. The fraction of sp³-hybridized carbons (Fsp3) is 0.875. The number of Topliss-reactive ketones (excluding diaryl/α,β-unsaturated/α-hetero) is 1.